The molecule has 4 rings (SSSR count). The Bertz CT molecular complexity index is 360. The van der Waals surface area contributed by atoms with Crippen LogP contribution in [-0.4, -0.2) is 78.1 Å². The quantitative estimate of drug-likeness (QED) is 0.807. The lowest BCUT2D eigenvalue weighted by molar-refractivity contribution is -0.0102. The van der Waals surface area contributed by atoms with Crippen LogP contribution >= 0.6 is 0 Å². The van der Waals surface area contributed by atoms with E-state index in [0.717, 1.165) is 18.6 Å². The highest BCUT2D eigenvalue weighted by Gasteiger charge is 2.52. The first-order valence-corrected chi connectivity index (χ1v) is 8.77. The minimum absolute atomic E-state index is 0.301. The van der Waals surface area contributed by atoms with Gasteiger partial charge >= 0.3 is 0 Å². The van der Waals surface area contributed by atoms with Gasteiger partial charge in [0.15, 0.2) is 0 Å². The lowest BCUT2D eigenvalue weighted by Crippen LogP contribution is -2.66. The van der Waals surface area contributed by atoms with Crippen molar-refractivity contribution in [1.82, 2.24) is 14.7 Å². The number of nitrogens with two attached hydrogens (primary N) is 1. The van der Waals surface area contributed by atoms with E-state index < -0.39 is 0 Å². The molecular weight excluding hydrogens is 248 g/mol. The molecule has 20 heavy (non-hydrogen) atoms. The molecule has 4 saturated heterocycles. The van der Waals surface area contributed by atoms with Crippen molar-refractivity contribution in [2.24, 2.45) is 5.73 Å². The van der Waals surface area contributed by atoms with Crippen LogP contribution in [0.5, 0.6) is 0 Å². The highest BCUT2D eigenvalue weighted by atomic mass is 15.4. The zero-order chi connectivity index (χ0) is 13.6. The van der Waals surface area contributed by atoms with Crippen LogP contribution < -0.4 is 5.73 Å². The van der Waals surface area contributed by atoms with Gasteiger partial charge in [0, 0.05) is 50.3 Å². The standard InChI is InChI=1S/C16H30N4/c17-13-16(6-9-19-7-2-1-5-15(16)19)20-11-10-18-8-3-4-14(18)12-20/h14-15H,1-13,17H2. The van der Waals surface area contributed by atoms with E-state index in [1.165, 1.54) is 77.8 Å². The second-order valence-electron chi connectivity index (χ2n) is 7.38. The van der Waals surface area contributed by atoms with E-state index in [2.05, 4.69) is 14.7 Å². The SMILES string of the molecule is NCC1(N2CCN3CCCC3C2)CCN2CCCCC21. The molecule has 4 fully saturated rings. The molecule has 114 valence electrons. The Balaban J connectivity index is 1.55. The van der Waals surface area contributed by atoms with Crippen LogP contribution in [0.25, 0.3) is 0 Å². The first-order valence-electron chi connectivity index (χ1n) is 8.77. The number of hydrogen-bond donors (Lipinski definition) is 1. The Morgan fingerprint density at radius 2 is 1.80 bits per heavy atom. The van der Waals surface area contributed by atoms with Gasteiger partial charge in [0.1, 0.15) is 0 Å². The smallest absolute Gasteiger partial charge is 0.0499 e. The normalized spacial score (nSPS) is 43.6. The number of rotatable bonds is 2. The average molecular weight is 278 g/mol. The van der Waals surface area contributed by atoms with Crippen molar-refractivity contribution in [3.05, 3.63) is 0 Å². The Kier molecular flexibility index (Phi) is 3.53. The predicted octanol–water partition coefficient (Wildman–Crippen LogP) is 0.722. The fourth-order valence-corrected chi connectivity index (χ4v) is 5.50. The van der Waals surface area contributed by atoms with Gasteiger partial charge in [0.25, 0.3) is 0 Å². The molecule has 0 aromatic carbocycles. The number of fused-ring (bicyclic) bond motifs is 2. The highest BCUT2D eigenvalue weighted by Crippen LogP contribution is 2.40. The molecule has 0 aliphatic carbocycles. The average Bonchev–Trinajstić information content (AvgIpc) is 3.11. The van der Waals surface area contributed by atoms with Crippen LogP contribution in [0, 0.1) is 0 Å². The molecule has 0 spiro atoms. The molecule has 4 aliphatic rings. The number of nitrogens with zero attached hydrogens (tertiary/aromatic N) is 3. The van der Waals surface area contributed by atoms with E-state index in [1.54, 1.807) is 0 Å². The Morgan fingerprint density at radius 1 is 0.900 bits per heavy atom. The molecule has 4 heteroatoms. The Morgan fingerprint density at radius 3 is 2.70 bits per heavy atom. The van der Waals surface area contributed by atoms with Gasteiger partial charge in [-0.05, 0) is 45.2 Å². The fraction of sp³-hybridized carbons (Fsp3) is 1.00. The second kappa shape index (κ2) is 5.24. The van der Waals surface area contributed by atoms with E-state index in [9.17, 15) is 0 Å². The van der Waals surface area contributed by atoms with Gasteiger partial charge in [-0.15, -0.1) is 0 Å². The molecule has 0 saturated carbocycles. The molecule has 4 heterocycles. The molecule has 0 radical (unpaired) electrons. The van der Waals surface area contributed by atoms with Crippen LogP contribution in [-0.2, 0) is 0 Å². The van der Waals surface area contributed by atoms with E-state index in [1.807, 2.05) is 0 Å². The summed E-state index contributed by atoms with van der Waals surface area (Å²) in [6, 6.07) is 1.57. The number of hydrogen-bond acceptors (Lipinski definition) is 4. The van der Waals surface area contributed by atoms with Gasteiger partial charge in [-0.2, -0.15) is 0 Å². The molecule has 4 aliphatic heterocycles. The summed E-state index contributed by atoms with van der Waals surface area (Å²) in [7, 11) is 0. The summed E-state index contributed by atoms with van der Waals surface area (Å²) in [6.07, 6.45) is 8.30. The first kappa shape index (κ1) is 13.5. The summed E-state index contributed by atoms with van der Waals surface area (Å²) in [5.74, 6) is 0. The van der Waals surface area contributed by atoms with E-state index >= 15 is 0 Å². The third-order valence-electron chi connectivity index (χ3n) is 6.64. The Hall–Kier alpha value is -0.160. The molecule has 3 unspecified atom stereocenters. The van der Waals surface area contributed by atoms with E-state index in [-0.39, 0.29) is 0 Å². The summed E-state index contributed by atoms with van der Waals surface area (Å²) in [4.78, 5) is 8.28. The minimum Gasteiger partial charge on any atom is -0.329 e. The van der Waals surface area contributed by atoms with E-state index in [0.29, 0.717) is 5.54 Å². The fourth-order valence-electron chi connectivity index (χ4n) is 5.50. The zero-order valence-electron chi connectivity index (χ0n) is 12.8. The zero-order valence-corrected chi connectivity index (χ0v) is 12.8. The van der Waals surface area contributed by atoms with Crippen LogP contribution in [0.3, 0.4) is 0 Å². The van der Waals surface area contributed by atoms with Gasteiger partial charge in [0.05, 0.1) is 0 Å². The predicted molar refractivity (Wildman–Crippen MR) is 81.8 cm³/mol. The summed E-state index contributed by atoms with van der Waals surface area (Å²) >= 11 is 0. The molecule has 0 amide bonds. The molecule has 2 N–H and O–H groups in total. The third-order valence-corrected chi connectivity index (χ3v) is 6.64. The second-order valence-corrected chi connectivity index (χ2v) is 7.38. The number of piperazine rings is 1. The van der Waals surface area contributed by atoms with E-state index in [4.69, 9.17) is 5.73 Å². The van der Waals surface area contributed by atoms with Crippen molar-refractivity contribution >= 4 is 0 Å². The van der Waals surface area contributed by atoms with Crippen molar-refractivity contribution in [3.63, 3.8) is 0 Å². The van der Waals surface area contributed by atoms with Crippen LogP contribution in [0.15, 0.2) is 0 Å². The van der Waals surface area contributed by atoms with Crippen molar-refractivity contribution in [1.29, 1.82) is 0 Å². The van der Waals surface area contributed by atoms with Gasteiger partial charge in [0.2, 0.25) is 0 Å². The summed E-state index contributed by atoms with van der Waals surface area (Å²) in [5, 5.41) is 0. The van der Waals surface area contributed by atoms with Crippen molar-refractivity contribution < 1.29 is 0 Å². The molecular formula is C16H30N4. The number of piperidine rings is 1. The summed E-state index contributed by atoms with van der Waals surface area (Å²) in [5.41, 5.74) is 6.66. The molecule has 4 nitrogen and oxygen atoms in total. The lowest BCUT2D eigenvalue weighted by atomic mass is 9.83. The van der Waals surface area contributed by atoms with Crippen LogP contribution in [0.4, 0.5) is 0 Å². The van der Waals surface area contributed by atoms with Crippen molar-refractivity contribution in [2.45, 2.75) is 56.1 Å². The maximum absolute atomic E-state index is 6.36. The summed E-state index contributed by atoms with van der Waals surface area (Å²) < 4.78 is 0. The minimum atomic E-state index is 0.301. The first-order chi connectivity index (χ1) is 9.83. The topological polar surface area (TPSA) is 35.7 Å². The maximum Gasteiger partial charge on any atom is 0.0499 e. The molecule has 0 aromatic heterocycles. The van der Waals surface area contributed by atoms with Crippen molar-refractivity contribution in [3.8, 4) is 0 Å². The molecule has 0 aromatic rings. The summed E-state index contributed by atoms with van der Waals surface area (Å²) in [6.45, 7) is 8.60. The lowest BCUT2D eigenvalue weighted by Gasteiger charge is -2.51. The highest BCUT2D eigenvalue weighted by molar-refractivity contribution is 5.10. The largest absolute Gasteiger partial charge is 0.329 e. The Labute approximate surface area is 123 Å². The van der Waals surface area contributed by atoms with Gasteiger partial charge in [-0.1, -0.05) is 6.42 Å². The van der Waals surface area contributed by atoms with Crippen LogP contribution in [0.1, 0.15) is 38.5 Å². The van der Waals surface area contributed by atoms with Crippen LogP contribution in [0.2, 0.25) is 0 Å². The third kappa shape index (κ3) is 1.96. The van der Waals surface area contributed by atoms with Gasteiger partial charge < -0.3 is 5.73 Å². The van der Waals surface area contributed by atoms with Crippen molar-refractivity contribution in [2.75, 3.05) is 45.8 Å². The molecule has 0 bridgehead atoms. The maximum atomic E-state index is 6.36. The van der Waals surface area contributed by atoms with Gasteiger partial charge in [-0.3, -0.25) is 14.7 Å². The van der Waals surface area contributed by atoms with Gasteiger partial charge in [-0.25, -0.2) is 0 Å². The monoisotopic (exact) mass is 278 g/mol. The molecule has 3 atom stereocenters.